The van der Waals surface area contributed by atoms with Crippen molar-refractivity contribution in [2.24, 2.45) is 0 Å². The largest absolute Gasteiger partial charge is 0.393 e. The van der Waals surface area contributed by atoms with Gasteiger partial charge in [0.25, 0.3) is 5.91 Å². The van der Waals surface area contributed by atoms with E-state index in [1.54, 1.807) is 25.3 Å². The number of aromatic nitrogens is 1. The van der Waals surface area contributed by atoms with E-state index < -0.39 is 6.10 Å². The van der Waals surface area contributed by atoms with Crippen LogP contribution in [0, 0.1) is 0 Å². The highest BCUT2D eigenvalue weighted by Gasteiger charge is 2.29. The molecule has 2 heterocycles. The lowest BCUT2D eigenvalue weighted by atomic mass is 9.96. The van der Waals surface area contributed by atoms with Gasteiger partial charge in [0.2, 0.25) is 0 Å². The summed E-state index contributed by atoms with van der Waals surface area (Å²) < 4.78 is 0. The zero-order valence-electron chi connectivity index (χ0n) is 11.1. The van der Waals surface area contributed by atoms with Crippen LogP contribution >= 0.6 is 11.6 Å². The number of rotatable bonds is 3. The predicted octanol–water partition coefficient (Wildman–Crippen LogP) is 2.50. The lowest BCUT2D eigenvalue weighted by Crippen LogP contribution is -2.45. The molecule has 1 aliphatic heterocycles. The highest BCUT2D eigenvalue weighted by Crippen LogP contribution is 2.24. The summed E-state index contributed by atoms with van der Waals surface area (Å²) in [5.74, 6) is -0.0801. The molecule has 2 rings (SSSR count). The monoisotopic (exact) mass is 282 g/mol. The number of carbonyl (C=O) groups is 1. The number of likely N-dealkylation sites (tertiary alicyclic amines) is 1. The van der Waals surface area contributed by atoms with Crippen LogP contribution in [0.5, 0.6) is 0 Å². The molecule has 4 nitrogen and oxygen atoms in total. The van der Waals surface area contributed by atoms with E-state index in [1.807, 2.05) is 4.90 Å². The Morgan fingerprint density at radius 2 is 2.42 bits per heavy atom. The molecule has 1 amide bonds. The van der Waals surface area contributed by atoms with Gasteiger partial charge in [-0.3, -0.25) is 4.79 Å². The molecule has 1 aromatic rings. The van der Waals surface area contributed by atoms with Gasteiger partial charge in [-0.15, -0.1) is 0 Å². The normalized spacial score (nSPS) is 21.2. The molecule has 0 unspecified atom stereocenters. The van der Waals surface area contributed by atoms with Gasteiger partial charge < -0.3 is 10.0 Å². The standard InChI is InChI=1S/C14H19ClN2O2/c1-10(18)9-11-5-2-3-8-17(11)14(19)12-6-4-7-16-13(12)15/h4,6-7,10-11,18H,2-3,5,8-9H2,1H3/t10-,11-/m0/s1. The second kappa shape index (κ2) is 6.35. The predicted molar refractivity (Wildman–Crippen MR) is 74.2 cm³/mol. The van der Waals surface area contributed by atoms with Crippen molar-refractivity contribution in [2.45, 2.75) is 44.8 Å². The minimum Gasteiger partial charge on any atom is -0.393 e. The lowest BCUT2D eigenvalue weighted by Gasteiger charge is -2.36. The van der Waals surface area contributed by atoms with Gasteiger partial charge in [-0.05, 0) is 44.7 Å². The summed E-state index contributed by atoms with van der Waals surface area (Å²) >= 11 is 5.98. The van der Waals surface area contributed by atoms with Crippen molar-refractivity contribution >= 4 is 17.5 Å². The molecule has 0 aliphatic carbocycles. The highest BCUT2D eigenvalue weighted by atomic mass is 35.5. The van der Waals surface area contributed by atoms with Crippen LogP contribution in [0.2, 0.25) is 5.15 Å². The lowest BCUT2D eigenvalue weighted by molar-refractivity contribution is 0.0515. The average Bonchev–Trinajstić information content (AvgIpc) is 2.38. The third-order valence-electron chi connectivity index (χ3n) is 3.49. The zero-order chi connectivity index (χ0) is 13.8. The number of hydrogen-bond donors (Lipinski definition) is 1. The summed E-state index contributed by atoms with van der Waals surface area (Å²) in [7, 11) is 0. The fourth-order valence-corrected chi connectivity index (χ4v) is 2.81. The highest BCUT2D eigenvalue weighted by molar-refractivity contribution is 6.32. The maximum absolute atomic E-state index is 12.5. The van der Waals surface area contributed by atoms with Crippen molar-refractivity contribution in [3.8, 4) is 0 Å². The molecule has 1 fully saturated rings. The molecular formula is C14H19ClN2O2. The summed E-state index contributed by atoms with van der Waals surface area (Å²) in [5.41, 5.74) is 0.446. The fourth-order valence-electron chi connectivity index (χ4n) is 2.61. The second-order valence-corrected chi connectivity index (χ2v) is 5.43. The quantitative estimate of drug-likeness (QED) is 0.867. The molecule has 0 radical (unpaired) electrons. The SMILES string of the molecule is C[C@H](O)C[C@@H]1CCCCN1C(=O)c1cccnc1Cl. The first kappa shape index (κ1) is 14.3. The fraction of sp³-hybridized carbons (Fsp3) is 0.571. The van der Waals surface area contributed by atoms with Crippen molar-refractivity contribution in [3.63, 3.8) is 0 Å². The minimum absolute atomic E-state index is 0.0801. The van der Waals surface area contributed by atoms with Gasteiger partial charge in [-0.1, -0.05) is 11.6 Å². The summed E-state index contributed by atoms with van der Waals surface area (Å²) in [5, 5.41) is 9.80. The van der Waals surface area contributed by atoms with Crippen molar-refractivity contribution in [2.75, 3.05) is 6.54 Å². The van der Waals surface area contributed by atoms with Crippen molar-refractivity contribution in [3.05, 3.63) is 29.0 Å². The van der Waals surface area contributed by atoms with Crippen LogP contribution in [0.25, 0.3) is 0 Å². The average molecular weight is 283 g/mol. The first-order valence-corrected chi connectivity index (χ1v) is 7.07. The van der Waals surface area contributed by atoms with Crippen LogP contribution in [0.4, 0.5) is 0 Å². The van der Waals surface area contributed by atoms with Crippen molar-refractivity contribution in [1.82, 2.24) is 9.88 Å². The summed E-state index contributed by atoms with van der Waals surface area (Å²) in [4.78, 5) is 18.3. The van der Waals surface area contributed by atoms with Crippen LogP contribution in [-0.2, 0) is 0 Å². The number of halogens is 1. The van der Waals surface area contributed by atoms with Gasteiger partial charge in [-0.25, -0.2) is 4.98 Å². The number of aliphatic hydroxyl groups is 1. The molecular weight excluding hydrogens is 264 g/mol. The van der Waals surface area contributed by atoms with Crippen molar-refractivity contribution < 1.29 is 9.90 Å². The number of aliphatic hydroxyl groups excluding tert-OH is 1. The Labute approximate surface area is 118 Å². The van der Waals surface area contributed by atoms with Gasteiger partial charge in [0.15, 0.2) is 0 Å². The summed E-state index contributed by atoms with van der Waals surface area (Å²) in [6, 6.07) is 3.51. The molecule has 0 aromatic carbocycles. The third kappa shape index (κ3) is 3.45. The van der Waals surface area contributed by atoms with E-state index in [0.29, 0.717) is 12.0 Å². The molecule has 0 saturated carbocycles. The third-order valence-corrected chi connectivity index (χ3v) is 3.79. The Morgan fingerprint density at radius 3 is 3.11 bits per heavy atom. The maximum atomic E-state index is 12.5. The van der Waals surface area contributed by atoms with E-state index in [2.05, 4.69) is 4.98 Å². The van der Waals surface area contributed by atoms with Gasteiger partial charge >= 0.3 is 0 Å². The van der Waals surface area contributed by atoms with Crippen LogP contribution < -0.4 is 0 Å². The van der Waals surface area contributed by atoms with Crippen LogP contribution in [0.15, 0.2) is 18.3 Å². The van der Waals surface area contributed by atoms with E-state index in [0.717, 1.165) is 25.8 Å². The van der Waals surface area contributed by atoms with E-state index in [-0.39, 0.29) is 17.1 Å². The summed E-state index contributed by atoms with van der Waals surface area (Å²) in [6.45, 7) is 2.48. The van der Waals surface area contributed by atoms with Crippen LogP contribution in [0.1, 0.15) is 43.0 Å². The molecule has 0 bridgehead atoms. The second-order valence-electron chi connectivity index (χ2n) is 5.07. The number of carbonyl (C=O) groups excluding carboxylic acids is 1. The van der Waals surface area contributed by atoms with Gasteiger partial charge in [0, 0.05) is 18.8 Å². The number of amides is 1. The molecule has 1 aliphatic rings. The molecule has 1 N–H and O–H groups in total. The number of nitrogens with zero attached hydrogens (tertiary/aromatic N) is 2. The Bertz CT molecular complexity index is 451. The van der Waals surface area contributed by atoms with E-state index in [4.69, 9.17) is 11.6 Å². The number of hydrogen-bond acceptors (Lipinski definition) is 3. The minimum atomic E-state index is -0.400. The topological polar surface area (TPSA) is 53.4 Å². The molecule has 5 heteroatoms. The van der Waals surface area contributed by atoms with E-state index in [9.17, 15) is 9.90 Å². The van der Waals surface area contributed by atoms with E-state index in [1.165, 1.54) is 0 Å². The Hall–Kier alpha value is -1.13. The first-order valence-electron chi connectivity index (χ1n) is 6.69. The molecule has 1 saturated heterocycles. The van der Waals surface area contributed by atoms with Gasteiger partial charge in [0.05, 0.1) is 11.7 Å². The molecule has 104 valence electrons. The van der Waals surface area contributed by atoms with Crippen molar-refractivity contribution in [1.29, 1.82) is 0 Å². The number of pyridine rings is 1. The smallest absolute Gasteiger partial charge is 0.257 e. The van der Waals surface area contributed by atoms with Gasteiger partial charge in [-0.2, -0.15) is 0 Å². The molecule has 1 aromatic heterocycles. The Kier molecular flexibility index (Phi) is 4.77. The molecule has 19 heavy (non-hydrogen) atoms. The zero-order valence-corrected chi connectivity index (χ0v) is 11.8. The first-order chi connectivity index (χ1) is 9.09. The summed E-state index contributed by atoms with van der Waals surface area (Å²) in [6.07, 6.45) is 4.82. The number of piperidine rings is 1. The van der Waals surface area contributed by atoms with Crippen LogP contribution in [-0.4, -0.2) is 39.6 Å². The van der Waals surface area contributed by atoms with E-state index >= 15 is 0 Å². The maximum Gasteiger partial charge on any atom is 0.257 e. The van der Waals surface area contributed by atoms with Gasteiger partial charge in [0.1, 0.15) is 5.15 Å². The molecule has 0 spiro atoms. The van der Waals surface area contributed by atoms with Crippen LogP contribution in [0.3, 0.4) is 0 Å². The Balaban J connectivity index is 2.18. The molecule has 2 atom stereocenters. The Morgan fingerprint density at radius 1 is 1.63 bits per heavy atom.